The van der Waals surface area contributed by atoms with Crippen molar-refractivity contribution in [2.24, 2.45) is 0 Å². The highest BCUT2D eigenvalue weighted by Gasteiger charge is 2.10. The van der Waals surface area contributed by atoms with Crippen LogP contribution in [0.1, 0.15) is 12.7 Å². The molecule has 4 nitrogen and oxygen atoms in total. The first-order chi connectivity index (χ1) is 7.81. The first-order valence-corrected chi connectivity index (χ1v) is 5.29. The van der Waals surface area contributed by atoms with Crippen LogP contribution in [0.25, 0.3) is 0 Å². The van der Waals surface area contributed by atoms with Crippen molar-refractivity contribution in [1.29, 1.82) is 0 Å². The molecule has 2 rings (SSSR count). The summed E-state index contributed by atoms with van der Waals surface area (Å²) in [5.74, 6) is 1.47. The number of furan rings is 1. The van der Waals surface area contributed by atoms with E-state index in [0.29, 0.717) is 12.4 Å². The lowest BCUT2D eigenvalue weighted by Gasteiger charge is -2.22. The van der Waals surface area contributed by atoms with E-state index in [1.54, 1.807) is 12.5 Å². The van der Waals surface area contributed by atoms with Crippen LogP contribution in [0.3, 0.4) is 0 Å². The predicted molar refractivity (Wildman–Crippen MR) is 64.1 cm³/mol. The second-order valence-corrected chi connectivity index (χ2v) is 3.50. The highest BCUT2D eigenvalue weighted by molar-refractivity contribution is 5.62. The minimum atomic E-state index is 0.552. The van der Waals surface area contributed by atoms with Crippen LogP contribution in [0.2, 0.25) is 0 Å². The molecule has 0 bridgehead atoms. The summed E-state index contributed by atoms with van der Waals surface area (Å²) in [6, 6.07) is 7.69. The molecule has 0 unspecified atom stereocenters. The van der Waals surface area contributed by atoms with E-state index in [0.717, 1.165) is 18.0 Å². The molecule has 0 fully saturated rings. The topological polar surface area (TPSA) is 55.3 Å². The molecule has 0 spiro atoms. The van der Waals surface area contributed by atoms with Gasteiger partial charge >= 0.3 is 0 Å². The molecule has 0 aliphatic heterocycles. The second-order valence-electron chi connectivity index (χ2n) is 3.50. The Bertz CT molecular complexity index is 439. The van der Waals surface area contributed by atoms with Crippen LogP contribution < -0.4 is 10.6 Å². The molecular formula is C12H15N3O. The van der Waals surface area contributed by atoms with Crippen molar-refractivity contribution >= 4 is 11.5 Å². The van der Waals surface area contributed by atoms with Gasteiger partial charge in [0.1, 0.15) is 11.6 Å². The van der Waals surface area contributed by atoms with Gasteiger partial charge in [-0.3, -0.25) is 0 Å². The minimum Gasteiger partial charge on any atom is -0.467 e. The molecule has 0 atom stereocenters. The van der Waals surface area contributed by atoms with Gasteiger partial charge in [-0.05, 0) is 31.2 Å². The van der Waals surface area contributed by atoms with Gasteiger partial charge in [-0.1, -0.05) is 0 Å². The van der Waals surface area contributed by atoms with Gasteiger partial charge in [0.2, 0.25) is 0 Å². The average molecular weight is 217 g/mol. The molecular weight excluding hydrogens is 202 g/mol. The monoisotopic (exact) mass is 217 g/mol. The number of aromatic nitrogens is 1. The third kappa shape index (κ3) is 2.16. The fourth-order valence-corrected chi connectivity index (χ4v) is 1.63. The van der Waals surface area contributed by atoms with Crippen molar-refractivity contribution < 1.29 is 4.42 Å². The van der Waals surface area contributed by atoms with Gasteiger partial charge in [0, 0.05) is 12.7 Å². The number of nitrogen functional groups attached to an aromatic ring is 1. The number of nitrogens with two attached hydrogens (primary N) is 1. The average Bonchev–Trinajstić information content (AvgIpc) is 2.80. The van der Waals surface area contributed by atoms with Crippen LogP contribution >= 0.6 is 0 Å². The molecule has 0 aliphatic carbocycles. The summed E-state index contributed by atoms with van der Waals surface area (Å²) in [6.45, 7) is 3.64. The zero-order chi connectivity index (χ0) is 11.4. The van der Waals surface area contributed by atoms with Gasteiger partial charge in [0.05, 0.1) is 18.5 Å². The molecule has 0 saturated carbocycles. The maximum absolute atomic E-state index is 5.84. The van der Waals surface area contributed by atoms with E-state index in [1.807, 2.05) is 24.3 Å². The summed E-state index contributed by atoms with van der Waals surface area (Å²) >= 11 is 0. The number of hydrogen-bond acceptors (Lipinski definition) is 4. The zero-order valence-electron chi connectivity index (χ0n) is 9.26. The Morgan fingerprint density at radius 1 is 1.38 bits per heavy atom. The molecule has 84 valence electrons. The molecule has 0 aliphatic rings. The maximum Gasteiger partial charge on any atom is 0.146 e. The normalized spacial score (nSPS) is 10.3. The van der Waals surface area contributed by atoms with Crippen molar-refractivity contribution in [3.63, 3.8) is 0 Å². The van der Waals surface area contributed by atoms with Crippen molar-refractivity contribution in [2.45, 2.75) is 13.5 Å². The SMILES string of the molecule is CCN(Cc1ccco1)c1cccnc1N. The van der Waals surface area contributed by atoms with Crippen LogP contribution in [-0.2, 0) is 6.54 Å². The lowest BCUT2D eigenvalue weighted by molar-refractivity contribution is 0.504. The summed E-state index contributed by atoms with van der Waals surface area (Å²) in [5, 5.41) is 0. The number of anilines is 2. The van der Waals surface area contributed by atoms with E-state index in [4.69, 9.17) is 10.2 Å². The molecule has 2 heterocycles. The fourth-order valence-electron chi connectivity index (χ4n) is 1.63. The lowest BCUT2D eigenvalue weighted by Crippen LogP contribution is -2.23. The highest BCUT2D eigenvalue weighted by Crippen LogP contribution is 2.21. The third-order valence-corrected chi connectivity index (χ3v) is 2.47. The first kappa shape index (κ1) is 10.5. The number of nitrogens with zero attached hydrogens (tertiary/aromatic N) is 2. The van der Waals surface area contributed by atoms with Gasteiger partial charge in [0.25, 0.3) is 0 Å². The second kappa shape index (κ2) is 4.70. The van der Waals surface area contributed by atoms with Gasteiger partial charge < -0.3 is 15.1 Å². The molecule has 2 aromatic heterocycles. The smallest absolute Gasteiger partial charge is 0.146 e. The van der Waals surface area contributed by atoms with Crippen LogP contribution in [0.5, 0.6) is 0 Å². The number of pyridine rings is 1. The Hall–Kier alpha value is -1.97. The van der Waals surface area contributed by atoms with Crippen molar-refractivity contribution in [3.05, 3.63) is 42.5 Å². The molecule has 2 aromatic rings. The Kier molecular flexibility index (Phi) is 3.10. The zero-order valence-corrected chi connectivity index (χ0v) is 9.26. The molecule has 0 radical (unpaired) electrons. The Morgan fingerprint density at radius 2 is 2.25 bits per heavy atom. The van der Waals surface area contributed by atoms with Gasteiger partial charge in [-0.25, -0.2) is 4.98 Å². The Morgan fingerprint density at radius 3 is 2.88 bits per heavy atom. The summed E-state index contributed by atoms with van der Waals surface area (Å²) < 4.78 is 5.32. The first-order valence-electron chi connectivity index (χ1n) is 5.29. The highest BCUT2D eigenvalue weighted by atomic mass is 16.3. The number of rotatable bonds is 4. The van der Waals surface area contributed by atoms with E-state index >= 15 is 0 Å². The van der Waals surface area contributed by atoms with Crippen LogP contribution in [-0.4, -0.2) is 11.5 Å². The molecule has 0 aromatic carbocycles. The Labute approximate surface area is 94.7 Å². The maximum atomic E-state index is 5.84. The van der Waals surface area contributed by atoms with Crippen molar-refractivity contribution in [3.8, 4) is 0 Å². The summed E-state index contributed by atoms with van der Waals surface area (Å²) in [7, 11) is 0. The van der Waals surface area contributed by atoms with Crippen molar-refractivity contribution in [1.82, 2.24) is 4.98 Å². The summed E-state index contributed by atoms with van der Waals surface area (Å²) in [6.07, 6.45) is 3.37. The predicted octanol–water partition coefficient (Wildman–Crippen LogP) is 2.28. The molecule has 0 amide bonds. The van der Waals surface area contributed by atoms with Gasteiger partial charge in [-0.2, -0.15) is 0 Å². The van der Waals surface area contributed by atoms with Gasteiger partial charge in [-0.15, -0.1) is 0 Å². The van der Waals surface area contributed by atoms with E-state index < -0.39 is 0 Å². The third-order valence-electron chi connectivity index (χ3n) is 2.47. The lowest BCUT2D eigenvalue weighted by atomic mass is 10.3. The van der Waals surface area contributed by atoms with Crippen LogP contribution in [0, 0.1) is 0 Å². The molecule has 0 saturated heterocycles. The van der Waals surface area contributed by atoms with Gasteiger partial charge in [0.15, 0.2) is 0 Å². The molecule has 4 heteroatoms. The molecule has 16 heavy (non-hydrogen) atoms. The van der Waals surface area contributed by atoms with E-state index in [1.165, 1.54) is 0 Å². The van der Waals surface area contributed by atoms with Crippen LogP contribution in [0.4, 0.5) is 11.5 Å². The minimum absolute atomic E-state index is 0.552. The molecule has 2 N–H and O–H groups in total. The number of hydrogen-bond donors (Lipinski definition) is 1. The van der Waals surface area contributed by atoms with E-state index in [9.17, 15) is 0 Å². The summed E-state index contributed by atoms with van der Waals surface area (Å²) in [5.41, 5.74) is 6.79. The quantitative estimate of drug-likeness (QED) is 0.853. The standard InChI is InChI=1S/C12H15N3O/c1-2-15(9-10-5-4-8-16-10)11-6-3-7-14-12(11)13/h3-8H,2,9H2,1H3,(H2,13,14). The Balaban J connectivity index is 2.20. The largest absolute Gasteiger partial charge is 0.467 e. The van der Waals surface area contributed by atoms with Crippen LogP contribution in [0.15, 0.2) is 41.1 Å². The fraction of sp³-hybridized carbons (Fsp3) is 0.250. The van der Waals surface area contributed by atoms with E-state index in [-0.39, 0.29) is 0 Å². The van der Waals surface area contributed by atoms with Crippen molar-refractivity contribution in [2.75, 3.05) is 17.2 Å². The van der Waals surface area contributed by atoms with E-state index in [2.05, 4.69) is 16.8 Å². The summed E-state index contributed by atoms with van der Waals surface area (Å²) in [4.78, 5) is 6.21.